The van der Waals surface area contributed by atoms with Crippen LogP contribution in [0.5, 0.6) is 0 Å². The number of hydrogen-bond donors (Lipinski definition) is 7. The molecule has 3 fully saturated rings. The molecule has 122 heavy (non-hydrogen) atoms. The molecule has 0 aromatic carbocycles. The number of carbonyl (C=O) groups is 18. The summed E-state index contributed by atoms with van der Waals surface area (Å²) in [5.74, 6) is -11.7. The van der Waals surface area contributed by atoms with Crippen LogP contribution in [-0.4, -0.2) is 289 Å². The Hall–Kier alpha value is -10.0. The molecule has 3 aliphatic heterocycles. The van der Waals surface area contributed by atoms with Crippen molar-refractivity contribution < 1.29 is 162 Å². The maximum absolute atomic E-state index is 14.5. The molecular formula is C80H126N8O34. The molecule has 0 radical (unpaired) electrons. The van der Waals surface area contributed by atoms with Crippen LogP contribution in [0.1, 0.15) is 212 Å². The number of hydrogen-bond acceptors (Lipinski definition) is 34. The van der Waals surface area contributed by atoms with E-state index in [4.69, 9.17) is 75.8 Å². The standard InChI is InChI=1S/C80H126N8O34/c1-14-40-107-67(105)32-21-19-17-15-16-18-20-25-35-83-77(106)59(87-65(103)31-24-28-43-110-80-70(86-49(4)91)76(119-58(13)100)73(116-55(10)97)62(122-80)46-113-52(7)94)33-34-66(104)88(38-36-81-63(101)29-22-26-41-108-78-68(84-47(2)89)74(117-56(11)98)71(114-53(8)95)60(120-78)44-111-50(5)92)39-37-82-64(102)30-23-27-42-109-79-69(85-48(3)90)75(118-57(12)99)72(115-54(9)96)61(121-79)45-112-51(6)93/h14,59-62,68-76,78-80H,1,15-46H2,2-13H3,(H,81,101)(H,82,102)(H,83,106)(H,84,89)(H,85,90)(H,86,91)(H,87,103)/t59-,60?,61?,62?,68?,69?,70?,71?,72?,73?,74?,75?,76?,78?,79?,80?/m0/s1. The minimum absolute atomic E-state index is 0.0730. The smallest absolute Gasteiger partial charge is 0.306 e. The molecule has 0 aromatic rings. The number of ether oxygens (including phenoxy) is 16. The van der Waals surface area contributed by atoms with Crippen LogP contribution >= 0.6 is 0 Å². The summed E-state index contributed by atoms with van der Waals surface area (Å²) in [5.41, 5.74) is 0. The second kappa shape index (κ2) is 58.9. The molecule has 42 nitrogen and oxygen atoms in total. The van der Waals surface area contributed by atoms with Gasteiger partial charge in [-0.2, -0.15) is 0 Å². The van der Waals surface area contributed by atoms with Gasteiger partial charge in [-0.05, 0) is 57.8 Å². The fraction of sp³-hybridized carbons (Fsp3) is 0.750. The number of rotatable bonds is 57. The van der Waals surface area contributed by atoms with Gasteiger partial charge in [-0.1, -0.05) is 51.2 Å². The Morgan fingerprint density at radius 2 is 0.672 bits per heavy atom. The third-order valence-corrected chi connectivity index (χ3v) is 18.5. The van der Waals surface area contributed by atoms with Crippen molar-refractivity contribution in [3.05, 3.63) is 12.7 Å². The monoisotopic (exact) mass is 1740 g/mol. The predicted octanol–water partition coefficient (Wildman–Crippen LogP) is 1.20. The van der Waals surface area contributed by atoms with Crippen LogP contribution in [0.2, 0.25) is 0 Å². The van der Waals surface area contributed by atoms with Crippen molar-refractivity contribution in [1.82, 2.24) is 42.1 Å². The van der Waals surface area contributed by atoms with Crippen molar-refractivity contribution in [1.29, 1.82) is 0 Å². The Kier molecular flexibility index (Phi) is 51.2. The van der Waals surface area contributed by atoms with E-state index >= 15 is 0 Å². The molecule has 0 saturated carbocycles. The highest BCUT2D eigenvalue weighted by molar-refractivity contribution is 5.88. The molecule has 3 rings (SSSR count). The molecule has 3 heterocycles. The van der Waals surface area contributed by atoms with Crippen molar-refractivity contribution in [2.75, 3.05) is 79.0 Å². The Morgan fingerprint density at radius 1 is 0.352 bits per heavy atom. The lowest BCUT2D eigenvalue weighted by atomic mass is 9.96. The van der Waals surface area contributed by atoms with Gasteiger partial charge in [0.1, 0.15) is 68.9 Å². The lowest BCUT2D eigenvalue weighted by Gasteiger charge is -2.44. The van der Waals surface area contributed by atoms with Crippen molar-refractivity contribution in [3.63, 3.8) is 0 Å². The highest BCUT2D eigenvalue weighted by Gasteiger charge is 2.54. The van der Waals surface area contributed by atoms with E-state index < -0.39 is 219 Å². The van der Waals surface area contributed by atoms with Crippen LogP contribution in [0.25, 0.3) is 0 Å². The Bertz CT molecular complexity index is 3320. The summed E-state index contributed by atoms with van der Waals surface area (Å²) in [6.45, 7) is 15.2. The average molecular weight is 1740 g/mol. The molecule has 0 spiro atoms. The summed E-state index contributed by atoms with van der Waals surface area (Å²) >= 11 is 0. The molecule has 7 N–H and O–H groups in total. The first-order valence-electron chi connectivity index (χ1n) is 41.1. The van der Waals surface area contributed by atoms with Crippen molar-refractivity contribution in [3.8, 4) is 0 Å². The van der Waals surface area contributed by atoms with Crippen LogP contribution < -0.4 is 37.2 Å². The predicted molar refractivity (Wildman–Crippen MR) is 421 cm³/mol. The Morgan fingerprint density at radius 3 is 1.00 bits per heavy atom. The van der Waals surface area contributed by atoms with Gasteiger partial charge in [-0.3, -0.25) is 86.3 Å². The van der Waals surface area contributed by atoms with E-state index in [1.807, 2.05) is 0 Å². The van der Waals surface area contributed by atoms with E-state index in [1.54, 1.807) is 0 Å². The second-order valence-electron chi connectivity index (χ2n) is 29.2. The van der Waals surface area contributed by atoms with Crippen LogP contribution in [-0.2, 0) is 162 Å². The lowest BCUT2D eigenvalue weighted by molar-refractivity contribution is -0.277. The molecule has 16 atom stereocenters. The molecule has 8 amide bonds. The minimum atomic E-state index is -1.39. The van der Waals surface area contributed by atoms with Gasteiger partial charge in [0.25, 0.3) is 0 Å². The van der Waals surface area contributed by atoms with E-state index in [0.717, 1.165) is 101 Å². The molecular weight excluding hydrogens is 1620 g/mol. The van der Waals surface area contributed by atoms with E-state index in [-0.39, 0.29) is 136 Å². The Balaban J connectivity index is 1.86. The van der Waals surface area contributed by atoms with Gasteiger partial charge in [-0.15, -0.1) is 0 Å². The van der Waals surface area contributed by atoms with Gasteiger partial charge < -0.3 is 118 Å². The summed E-state index contributed by atoms with van der Waals surface area (Å²) in [7, 11) is 0. The normalized spacial score (nSPS) is 22.3. The SMILES string of the molecule is C=CCOC(=O)CCCCCCCCCCNC(=O)[C@H](CCC(=O)N(CCNC(=O)CCCCOC1OC(COC(C)=O)C(OC(C)=O)C(OC(C)=O)C1NC(C)=O)CCNC(=O)CCCCOC1OC(COC(C)=O)C(OC(C)=O)C(OC(C)=O)C1NC(C)=O)NC(=O)CCCCOC1OC(COC(C)=O)C(OC(C)=O)C(OC(C)=O)C1NC(C)=O. The first-order valence-corrected chi connectivity index (χ1v) is 41.1. The maximum Gasteiger partial charge on any atom is 0.306 e. The molecule has 690 valence electrons. The lowest BCUT2D eigenvalue weighted by Crippen LogP contribution is -2.66. The van der Waals surface area contributed by atoms with Crippen LogP contribution in [0, 0.1) is 0 Å². The van der Waals surface area contributed by atoms with Crippen LogP contribution in [0.15, 0.2) is 12.7 Å². The molecule has 0 bridgehead atoms. The number of nitrogens with one attached hydrogen (secondary N) is 7. The van der Waals surface area contributed by atoms with Crippen LogP contribution in [0.3, 0.4) is 0 Å². The quantitative estimate of drug-likeness (QED) is 0.0195. The molecule has 42 heteroatoms. The summed E-state index contributed by atoms with van der Waals surface area (Å²) in [6.07, 6.45) is -7.47. The first kappa shape index (κ1) is 106. The average Bonchev–Trinajstić information content (AvgIpc) is 0.797. The van der Waals surface area contributed by atoms with Crippen molar-refractivity contribution in [2.45, 2.75) is 309 Å². The molecule has 3 aliphatic rings. The zero-order valence-electron chi connectivity index (χ0n) is 72.0. The van der Waals surface area contributed by atoms with Crippen molar-refractivity contribution >= 4 is 107 Å². The third-order valence-electron chi connectivity index (χ3n) is 18.5. The topological polar surface area (TPSA) is 542 Å². The molecule has 0 aliphatic carbocycles. The second-order valence-corrected chi connectivity index (χ2v) is 29.2. The van der Waals surface area contributed by atoms with Gasteiger partial charge in [-0.25, -0.2) is 0 Å². The Labute approximate surface area is 709 Å². The largest absolute Gasteiger partial charge is 0.463 e. The maximum atomic E-state index is 14.5. The highest BCUT2D eigenvalue weighted by atomic mass is 16.7. The summed E-state index contributed by atoms with van der Waals surface area (Å²) in [5, 5.41) is 19.1. The fourth-order valence-corrected chi connectivity index (χ4v) is 13.2. The summed E-state index contributed by atoms with van der Waals surface area (Å²) < 4.78 is 89.8. The minimum Gasteiger partial charge on any atom is -0.463 e. The number of esters is 10. The van der Waals surface area contributed by atoms with E-state index in [9.17, 15) is 86.3 Å². The van der Waals surface area contributed by atoms with Gasteiger partial charge in [0.2, 0.25) is 47.3 Å². The molecule has 0 aromatic heterocycles. The zero-order chi connectivity index (χ0) is 90.8. The summed E-state index contributed by atoms with van der Waals surface area (Å²) in [4.78, 5) is 230. The van der Waals surface area contributed by atoms with E-state index in [2.05, 4.69) is 43.8 Å². The van der Waals surface area contributed by atoms with Gasteiger partial charge >= 0.3 is 59.7 Å². The van der Waals surface area contributed by atoms with E-state index in [0.29, 0.717) is 19.3 Å². The molecule has 3 saturated heterocycles. The first-order chi connectivity index (χ1) is 57.9. The van der Waals surface area contributed by atoms with Gasteiger partial charge in [0.15, 0.2) is 55.5 Å². The van der Waals surface area contributed by atoms with Crippen LogP contribution in [0.4, 0.5) is 0 Å². The number of nitrogens with zero attached hydrogens (tertiary/aromatic N) is 1. The number of carbonyl (C=O) groups excluding carboxylic acids is 18. The molecule has 15 unspecified atom stereocenters. The highest BCUT2D eigenvalue weighted by Crippen LogP contribution is 2.32. The summed E-state index contributed by atoms with van der Waals surface area (Å²) in [6, 6.07) is -5.00. The van der Waals surface area contributed by atoms with Crippen molar-refractivity contribution in [2.24, 2.45) is 0 Å². The number of unbranched alkanes of at least 4 members (excludes halogenated alkanes) is 10. The zero-order valence-corrected chi connectivity index (χ0v) is 72.0. The fourth-order valence-electron chi connectivity index (χ4n) is 13.2. The van der Waals surface area contributed by atoms with Gasteiger partial charge in [0, 0.05) is 168 Å². The van der Waals surface area contributed by atoms with E-state index in [1.165, 1.54) is 31.7 Å². The third kappa shape index (κ3) is 44.1. The number of amides is 8. The van der Waals surface area contributed by atoms with Gasteiger partial charge in [0.05, 0.1) is 0 Å².